The fraction of sp³-hybridized carbons (Fsp3) is 0.391. The summed E-state index contributed by atoms with van der Waals surface area (Å²) in [6, 6.07) is 15.4. The molecule has 2 aromatic rings. The van der Waals surface area contributed by atoms with Crippen LogP contribution in [0.3, 0.4) is 0 Å². The molecule has 4 rings (SSSR count). The van der Waals surface area contributed by atoms with Crippen molar-refractivity contribution in [3.63, 3.8) is 0 Å². The van der Waals surface area contributed by atoms with Crippen molar-refractivity contribution in [2.75, 3.05) is 51.3 Å². The van der Waals surface area contributed by atoms with Crippen LogP contribution in [0.4, 0.5) is 5.69 Å². The molecule has 0 radical (unpaired) electrons. The second-order valence-corrected chi connectivity index (χ2v) is 7.62. The monoisotopic (exact) mass is 406 g/mol. The second kappa shape index (κ2) is 9.61. The molecule has 7 nitrogen and oxygen atoms in total. The molecule has 0 atom stereocenters. The minimum absolute atomic E-state index is 0.0231. The van der Waals surface area contributed by atoms with Gasteiger partial charge in [0.1, 0.15) is 0 Å². The van der Waals surface area contributed by atoms with Crippen molar-refractivity contribution in [3.05, 3.63) is 53.6 Å². The average molecular weight is 406 g/mol. The molecule has 2 aliphatic rings. The Labute approximate surface area is 176 Å². The van der Waals surface area contributed by atoms with E-state index in [0.717, 1.165) is 50.6 Å². The number of anilines is 1. The first-order chi connectivity index (χ1) is 14.7. The van der Waals surface area contributed by atoms with Crippen molar-refractivity contribution < 1.29 is 14.3 Å². The molecule has 1 saturated heterocycles. The highest BCUT2D eigenvalue weighted by Gasteiger charge is 2.19. The van der Waals surface area contributed by atoms with E-state index in [0.29, 0.717) is 31.1 Å². The first kappa shape index (κ1) is 20.2. The Balaban J connectivity index is 1.23. The van der Waals surface area contributed by atoms with Crippen LogP contribution in [-0.4, -0.2) is 61.6 Å². The molecule has 0 spiro atoms. The lowest BCUT2D eigenvalue weighted by molar-refractivity contribution is -0.117. The van der Waals surface area contributed by atoms with E-state index in [1.165, 1.54) is 5.56 Å². The van der Waals surface area contributed by atoms with Gasteiger partial charge in [0.15, 0.2) is 11.5 Å². The van der Waals surface area contributed by atoms with Gasteiger partial charge in [-0.15, -0.1) is 0 Å². The number of benzene rings is 2. The van der Waals surface area contributed by atoms with E-state index in [1.807, 2.05) is 42.5 Å². The van der Waals surface area contributed by atoms with Crippen LogP contribution in [-0.2, 0) is 11.3 Å². The largest absolute Gasteiger partial charge is 0.490 e. The van der Waals surface area contributed by atoms with Gasteiger partial charge in [-0.05, 0) is 29.8 Å². The summed E-state index contributed by atoms with van der Waals surface area (Å²) in [5.41, 5.74) is 2.61. The second-order valence-electron chi connectivity index (χ2n) is 7.62. The standard InChI is InChI=1S/C23H26N4O3/c24-15-18-2-4-19(5-3-18)16-26-8-10-27(11-9-26)17-23(28)25-20-6-7-21-22(14-20)30-13-1-12-29-21/h2-7,14H,1,8-13,16-17H2,(H,25,28). The number of carbonyl (C=O) groups excluding carboxylic acids is 1. The van der Waals surface area contributed by atoms with Crippen molar-refractivity contribution in [2.45, 2.75) is 13.0 Å². The molecule has 2 heterocycles. The summed E-state index contributed by atoms with van der Waals surface area (Å²) in [5.74, 6) is 1.38. The van der Waals surface area contributed by atoms with Gasteiger partial charge < -0.3 is 14.8 Å². The van der Waals surface area contributed by atoms with Crippen LogP contribution in [0.2, 0.25) is 0 Å². The van der Waals surface area contributed by atoms with Gasteiger partial charge in [-0.1, -0.05) is 12.1 Å². The molecule has 30 heavy (non-hydrogen) atoms. The number of fused-ring (bicyclic) bond motifs is 1. The SMILES string of the molecule is N#Cc1ccc(CN2CCN(CC(=O)Nc3ccc4c(c3)OCCCO4)CC2)cc1. The molecule has 2 aliphatic heterocycles. The molecule has 0 aliphatic carbocycles. The Morgan fingerprint density at radius 3 is 2.40 bits per heavy atom. The Morgan fingerprint density at radius 2 is 1.67 bits per heavy atom. The van der Waals surface area contributed by atoms with E-state index in [2.05, 4.69) is 21.2 Å². The Morgan fingerprint density at radius 1 is 0.967 bits per heavy atom. The lowest BCUT2D eigenvalue weighted by Gasteiger charge is -2.34. The van der Waals surface area contributed by atoms with Crippen LogP contribution in [0.15, 0.2) is 42.5 Å². The van der Waals surface area contributed by atoms with Gasteiger partial charge in [0.2, 0.25) is 5.91 Å². The summed E-state index contributed by atoms with van der Waals surface area (Å²) in [7, 11) is 0. The minimum Gasteiger partial charge on any atom is -0.490 e. The topological polar surface area (TPSA) is 77.8 Å². The summed E-state index contributed by atoms with van der Waals surface area (Å²) in [5, 5.41) is 11.9. The van der Waals surface area contributed by atoms with E-state index >= 15 is 0 Å². The molecule has 0 unspecified atom stereocenters. The number of hydrogen-bond donors (Lipinski definition) is 1. The molecule has 2 aromatic carbocycles. The molecule has 1 amide bonds. The molecule has 7 heteroatoms. The maximum Gasteiger partial charge on any atom is 0.238 e. The molecule has 0 saturated carbocycles. The van der Waals surface area contributed by atoms with Crippen molar-refractivity contribution in [2.24, 2.45) is 0 Å². The number of carbonyl (C=O) groups is 1. The molecule has 0 bridgehead atoms. The zero-order valence-electron chi connectivity index (χ0n) is 17.0. The van der Waals surface area contributed by atoms with Crippen LogP contribution < -0.4 is 14.8 Å². The summed E-state index contributed by atoms with van der Waals surface area (Å²) in [4.78, 5) is 17.0. The van der Waals surface area contributed by atoms with Gasteiger partial charge in [-0.2, -0.15) is 5.26 Å². The molecule has 1 fully saturated rings. The number of nitrogens with zero attached hydrogens (tertiary/aromatic N) is 3. The number of nitrogens with one attached hydrogen (secondary N) is 1. The van der Waals surface area contributed by atoms with E-state index in [-0.39, 0.29) is 5.91 Å². The lowest BCUT2D eigenvalue weighted by Crippen LogP contribution is -2.48. The van der Waals surface area contributed by atoms with Gasteiger partial charge in [-0.3, -0.25) is 14.6 Å². The van der Waals surface area contributed by atoms with Gasteiger partial charge in [-0.25, -0.2) is 0 Å². The summed E-state index contributed by atoms with van der Waals surface area (Å²) < 4.78 is 11.3. The van der Waals surface area contributed by atoms with Crippen LogP contribution in [0.5, 0.6) is 11.5 Å². The molecule has 156 valence electrons. The van der Waals surface area contributed by atoms with Crippen LogP contribution in [0.25, 0.3) is 0 Å². The summed E-state index contributed by atoms with van der Waals surface area (Å²) >= 11 is 0. The van der Waals surface area contributed by atoms with E-state index in [1.54, 1.807) is 0 Å². The molecular weight excluding hydrogens is 380 g/mol. The van der Waals surface area contributed by atoms with Gasteiger partial charge in [0.05, 0.1) is 31.4 Å². The summed E-state index contributed by atoms with van der Waals surface area (Å²) in [6.45, 7) is 6.04. The predicted octanol–water partition coefficient (Wildman–Crippen LogP) is 2.48. The highest BCUT2D eigenvalue weighted by atomic mass is 16.5. The van der Waals surface area contributed by atoms with E-state index < -0.39 is 0 Å². The Bertz CT molecular complexity index is 915. The number of nitriles is 1. The molecular formula is C23H26N4O3. The lowest BCUT2D eigenvalue weighted by atomic mass is 10.1. The Kier molecular flexibility index (Phi) is 6.47. The number of ether oxygens (including phenoxy) is 2. The highest BCUT2D eigenvalue weighted by Crippen LogP contribution is 2.32. The van der Waals surface area contributed by atoms with Crippen molar-refractivity contribution in [3.8, 4) is 17.6 Å². The number of piperazine rings is 1. The maximum atomic E-state index is 12.5. The maximum absolute atomic E-state index is 12.5. The van der Waals surface area contributed by atoms with Crippen molar-refractivity contribution in [1.29, 1.82) is 5.26 Å². The minimum atomic E-state index is -0.0231. The first-order valence-corrected chi connectivity index (χ1v) is 10.3. The zero-order chi connectivity index (χ0) is 20.8. The van der Waals surface area contributed by atoms with Crippen molar-refractivity contribution in [1.82, 2.24) is 9.80 Å². The third-order valence-electron chi connectivity index (χ3n) is 5.35. The third kappa shape index (κ3) is 5.29. The van der Waals surface area contributed by atoms with Crippen LogP contribution in [0.1, 0.15) is 17.5 Å². The smallest absolute Gasteiger partial charge is 0.238 e. The fourth-order valence-corrected chi connectivity index (χ4v) is 3.69. The van der Waals surface area contributed by atoms with Crippen LogP contribution >= 0.6 is 0 Å². The average Bonchev–Trinajstić information content (AvgIpc) is 3.01. The number of rotatable bonds is 5. The molecule has 1 N–H and O–H groups in total. The van der Waals surface area contributed by atoms with Crippen LogP contribution in [0, 0.1) is 11.3 Å². The zero-order valence-corrected chi connectivity index (χ0v) is 17.0. The normalized spacial score (nSPS) is 17.0. The van der Waals surface area contributed by atoms with Gasteiger partial charge in [0.25, 0.3) is 0 Å². The number of hydrogen-bond acceptors (Lipinski definition) is 6. The predicted molar refractivity (Wildman–Crippen MR) is 114 cm³/mol. The molecule has 0 aromatic heterocycles. The Hall–Kier alpha value is -3.08. The third-order valence-corrected chi connectivity index (χ3v) is 5.35. The summed E-state index contributed by atoms with van der Waals surface area (Å²) in [6.07, 6.45) is 0.855. The fourth-order valence-electron chi connectivity index (χ4n) is 3.69. The quantitative estimate of drug-likeness (QED) is 0.822. The van der Waals surface area contributed by atoms with Gasteiger partial charge >= 0.3 is 0 Å². The van der Waals surface area contributed by atoms with Gasteiger partial charge in [0, 0.05) is 50.9 Å². The first-order valence-electron chi connectivity index (χ1n) is 10.3. The van der Waals surface area contributed by atoms with Crippen molar-refractivity contribution >= 4 is 11.6 Å². The van der Waals surface area contributed by atoms with E-state index in [9.17, 15) is 4.79 Å². The number of amides is 1. The highest BCUT2D eigenvalue weighted by molar-refractivity contribution is 5.92. The van der Waals surface area contributed by atoms with E-state index in [4.69, 9.17) is 14.7 Å².